The Kier molecular flexibility index (Phi) is 3.79. The molecule has 0 aromatic heterocycles. The van der Waals surface area contributed by atoms with Crippen molar-refractivity contribution in [3.05, 3.63) is 29.8 Å². The molecule has 0 saturated carbocycles. The lowest BCUT2D eigenvalue weighted by Crippen LogP contribution is -2.31. The molecular formula is C9H10N2OS2. The second kappa shape index (κ2) is 4.88. The molecule has 14 heavy (non-hydrogen) atoms. The van der Waals surface area contributed by atoms with E-state index in [0.717, 1.165) is 5.56 Å². The van der Waals surface area contributed by atoms with E-state index in [-0.39, 0.29) is 5.75 Å². The van der Waals surface area contributed by atoms with Gasteiger partial charge in [-0.25, -0.2) is 0 Å². The molecule has 0 aliphatic carbocycles. The van der Waals surface area contributed by atoms with Crippen LogP contribution in [0.4, 0.5) is 0 Å². The van der Waals surface area contributed by atoms with Gasteiger partial charge in [-0.05, 0) is 24.3 Å². The summed E-state index contributed by atoms with van der Waals surface area (Å²) in [4.78, 5) is 0.934. The highest BCUT2D eigenvalue weighted by Gasteiger charge is 2.00. The van der Waals surface area contributed by atoms with Crippen LogP contribution in [0, 0.1) is 0 Å². The predicted molar refractivity (Wildman–Crippen MR) is 64.6 cm³/mol. The Morgan fingerprint density at radius 3 is 2.36 bits per heavy atom. The summed E-state index contributed by atoms with van der Waals surface area (Å²) in [6, 6.07) is 6.60. The van der Waals surface area contributed by atoms with E-state index in [1.54, 1.807) is 24.3 Å². The maximum Gasteiger partial charge on any atom is 0.115 e. The van der Waals surface area contributed by atoms with Crippen molar-refractivity contribution < 1.29 is 5.11 Å². The van der Waals surface area contributed by atoms with Crippen LogP contribution < -0.4 is 11.1 Å². The summed E-state index contributed by atoms with van der Waals surface area (Å²) in [5.41, 5.74) is 6.14. The second-order valence-corrected chi connectivity index (χ2v) is 3.63. The van der Waals surface area contributed by atoms with E-state index in [1.807, 2.05) is 0 Å². The summed E-state index contributed by atoms with van der Waals surface area (Å²) >= 11 is 9.77. The molecule has 0 aliphatic heterocycles. The predicted octanol–water partition coefficient (Wildman–Crippen LogP) is 0.943. The molecule has 4 N–H and O–H groups in total. The molecule has 5 heteroatoms. The quantitative estimate of drug-likeness (QED) is 0.670. The first-order valence-corrected chi connectivity index (χ1v) is 4.77. The van der Waals surface area contributed by atoms with Crippen molar-refractivity contribution in [3.63, 3.8) is 0 Å². The number of hydrogen-bond donors (Lipinski definition) is 3. The first-order chi connectivity index (χ1) is 6.59. The SMILES string of the molecule is NC(=S)CNC(=S)c1ccc(O)cc1. The summed E-state index contributed by atoms with van der Waals surface area (Å²) in [6.07, 6.45) is 0. The topological polar surface area (TPSA) is 58.3 Å². The average Bonchev–Trinajstić information content (AvgIpc) is 2.15. The van der Waals surface area contributed by atoms with Gasteiger partial charge >= 0.3 is 0 Å². The van der Waals surface area contributed by atoms with Crippen molar-refractivity contribution in [2.75, 3.05) is 6.54 Å². The van der Waals surface area contributed by atoms with Crippen LogP contribution >= 0.6 is 24.4 Å². The van der Waals surface area contributed by atoms with E-state index in [1.165, 1.54) is 0 Å². The van der Waals surface area contributed by atoms with Crippen LogP contribution in [0.25, 0.3) is 0 Å². The molecule has 74 valence electrons. The Bertz CT molecular complexity index is 348. The smallest absolute Gasteiger partial charge is 0.115 e. The molecule has 0 fully saturated rings. The zero-order valence-electron chi connectivity index (χ0n) is 7.36. The highest BCUT2D eigenvalue weighted by Crippen LogP contribution is 2.09. The standard InChI is InChI=1S/C9H10N2OS2/c10-8(13)5-11-9(14)6-1-3-7(12)4-2-6/h1-4,12H,5H2,(H2,10,13)(H,11,14). The van der Waals surface area contributed by atoms with Crippen LogP contribution in [-0.4, -0.2) is 21.6 Å². The number of aromatic hydroxyl groups is 1. The molecule has 0 radical (unpaired) electrons. The van der Waals surface area contributed by atoms with Gasteiger partial charge in [-0.15, -0.1) is 0 Å². The van der Waals surface area contributed by atoms with Gasteiger partial charge in [0.2, 0.25) is 0 Å². The first-order valence-electron chi connectivity index (χ1n) is 3.95. The van der Waals surface area contributed by atoms with Crippen LogP contribution in [0.3, 0.4) is 0 Å². The zero-order valence-corrected chi connectivity index (χ0v) is 8.99. The van der Waals surface area contributed by atoms with Gasteiger partial charge < -0.3 is 16.2 Å². The maximum atomic E-state index is 9.05. The molecule has 0 atom stereocenters. The van der Waals surface area contributed by atoms with Crippen molar-refractivity contribution in [3.8, 4) is 5.75 Å². The number of rotatable bonds is 3. The molecule has 0 unspecified atom stereocenters. The molecule has 1 rings (SSSR count). The number of nitrogens with two attached hydrogens (primary N) is 1. The van der Waals surface area contributed by atoms with Gasteiger partial charge in [0.15, 0.2) is 0 Å². The first kappa shape index (κ1) is 10.9. The Hall–Kier alpha value is -1.20. The number of nitrogens with one attached hydrogen (secondary N) is 1. The van der Waals surface area contributed by atoms with Gasteiger partial charge in [0.05, 0.1) is 11.5 Å². The molecule has 0 heterocycles. The van der Waals surface area contributed by atoms with E-state index in [0.29, 0.717) is 16.5 Å². The monoisotopic (exact) mass is 226 g/mol. The molecule has 3 nitrogen and oxygen atoms in total. The summed E-state index contributed by atoms with van der Waals surface area (Å²) in [5, 5.41) is 12.0. The van der Waals surface area contributed by atoms with E-state index < -0.39 is 0 Å². The van der Waals surface area contributed by atoms with E-state index in [2.05, 4.69) is 5.32 Å². The van der Waals surface area contributed by atoms with E-state index >= 15 is 0 Å². The highest BCUT2D eigenvalue weighted by molar-refractivity contribution is 7.81. The van der Waals surface area contributed by atoms with Gasteiger partial charge in [0, 0.05) is 5.56 Å². The summed E-state index contributed by atoms with van der Waals surface area (Å²) in [6.45, 7) is 0.384. The lowest BCUT2D eigenvalue weighted by molar-refractivity contribution is 0.475. The van der Waals surface area contributed by atoms with E-state index in [4.69, 9.17) is 35.3 Å². The molecule has 0 saturated heterocycles. The lowest BCUT2D eigenvalue weighted by atomic mass is 10.2. The van der Waals surface area contributed by atoms with Gasteiger partial charge in [0.1, 0.15) is 10.7 Å². The molecule has 1 aromatic carbocycles. The van der Waals surface area contributed by atoms with Gasteiger partial charge in [-0.1, -0.05) is 24.4 Å². The van der Waals surface area contributed by atoms with Crippen molar-refractivity contribution >= 4 is 34.4 Å². The lowest BCUT2D eigenvalue weighted by Gasteiger charge is -2.06. The fourth-order valence-electron chi connectivity index (χ4n) is 0.882. The van der Waals surface area contributed by atoms with Crippen molar-refractivity contribution in [2.24, 2.45) is 5.73 Å². The van der Waals surface area contributed by atoms with Crippen molar-refractivity contribution in [1.82, 2.24) is 5.32 Å². The third-order valence-corrected chi connectivity index (χ3v) is 2.08. The van der Waals surface area contributed by atoms with E-state index in [9.17, 15) is 0 Å². The van der Waals surface area contributed by atoms with Gasteiger partial charge in [-0.3, -0.25) is 0 Å². The van der Waals surface area contributed by atoms with Crippen molar-refractivity contribution in [1.29, 1.82) is 0 Å². The van der Waals surface area contributed by atoms with Crippen molar-refractivity contribution in [2.45, 2.75) is 0 Å². The molecule has 0 spiro atoms. The Balaban J connectivity index is 2.61. The summed E-state index contributed by atoms with van der Waals surface area (Å²) in [7, 11) is 0. The minimum atomic E-state index is 0.214. The molecule has 0 amide bonds. The number of thiocarbonyl (C=S) groups is 2. The Labute approximate surface area is 92.9 Å². The average molecular weight is 226 g/mol. The maximum absolute atomic E-state index is 9.05. The summed E-state index contributed by atoms with van der Waals surface area (Å²) < 4.78 is 0. The molecule has 0 bridgehead atoms. The molecular weight excluding hydrogens is 216 g/mol. The number of phenols is 1. The number of benzene rings is 1. The van der Waals surface area contributed by atoms with Gasteiger partial charge in [0.25, 0.3) is 0 Å². The van der Waals surface area contributed by atoms with Crippen LogP contribution in [0.15, 0.2) is 24.3 Å². The number of phenolic OH excluding ortho intramolecular Hbond substituents is 1. The van der Waals surface area contributed by atoms with Crippen LogP contribution in [0.1, 0.15) is 5.56 Å². The second-order valence-electron chi connectivity index (χ2n) is 2.70. The third kappa shape index (κ3) is 3.27. The number of hydrogen-bond acceptors (Lipinski definition) is 3. The fraction of sp³-hybridized carbons (Fsp3) is 0.111. The minimum absolute atomic E-state index is 0.214. The fourth-order valence-corrected chi connectivity index (χ4v) is 1.16. The molecule has 0 aliphatic rings. The van der Waals surface area contributed by atoms with Crippen LogP contribution in [-0.2, 0) is 0 Å². The Morgan fingerprint density at radius 2 is 1.86 bits per heavy atom. The van der Waals surface area contributed by atoms with Crippen LogP contribution in [0.5, 0.6) is 5.75 Å². The minimum Gasteiger partial charge on any atom is -0.508 e. The normalized spacial score (nSPS) is 9.43. The van der Waals surface area contributed by atoms with Crippen LogP contribution in [0.2, 0.25) is 0 Å². The Morgan fingerprint density at radius 1 is 1.29 bits per heavy atom. The molecule has 1 aromatic rings. The summed E-state index contributed by atoms with van der Waals surface area (Å²) in [5.74, 6) is 0.214. The van der Waals surface area contributed by atoms with Gasteiger partial charge in [-0.2, -0.15) is 0 Å². The highest BCUT2D eigenvalue weighted by atomic mass is 32.1. The largest absolute Gasteiger partial charge is 0.508 e. The third-order valence-electron chi connectivity index (χ3n) is 1.55. The zero-order chi connectivity index (χ0) is 10.6.